The van der Waals surface area contributed by atoms with Crippen LogP contribution < -0.4 is 5.32 Å². The molecule has 1 atom stereocenters. The fraction of sp³-hybridized carbons (Fsp3) is 0.467. The Kier molecular flexibility index (Phi) is 5.19. The highest BCUT2D eigenvalue weighted by Crippen LogP contribution is 2.21. The van der Waals surface area contributed by atoms with Crippen molar-refractivity contribution in [2.24, 2.45) is 5.10 Å². The molecule has 1 saturated heterocycles. The van der Waals surface area contributed by atoms with E-state index in [1.807, 2.05) is 6.92 Å². The summed E-state index contributed by atoms with van der Waals surface area (Å²) in [5.41, 5.74) is 0.402. The molecule has 2 aliphatic heterocycles. The zero-order chi connectivity index (χ0) is 16.1. The van der Waals surface area contributed by atoms with E-state index in [-0.39, 0.29) is 31.0 Å². The lowest BCUT2D eigenvalue weighted by Crippen LogP contribution is -2.53. The predicted octanol–water partition coefficient (Wildman–Crippen LogP) is 1.59. The van der Waals surface area contributed by atoms with Crippen LogP contribution in [-0.2, 0) is 14.4 Å². The second-order valence-corrected chi connectivity index (χ2v) is 5.11. The summed E-state index contributed by atoms with van der Waals surface area (Å²) in [5, 5.41) is 7.24. The summed E-state index contributed by atoms with van der Waals surface area (Å²) in [5.74, 6) is -1.59. The third-order valence-corrected chi connectivity index (χ3v) is 3.47. The minimum Gasteiger partial charge on any atom is -0.295 e. The van der Waals surface area contributed by atoms with Crippen LogP contribution in [0.5, 0.6) is 0 Å². The Morgan fingerprint density at radius 1 is 1.50 bits per heavy atom. The van der Waals surface area contributed by atoms with Gasteiger partial charge in [0.1, 0.15) is 6.04 Å². The molecule has 0 radical (unpaired) electrons. The molecule has 3 amide bonds. The van der Waals surface area contributed by atoms with Crippen LogP contribution in [0.25, 0.3) is 0 Å². The van der Waals surface area contributed by atoms with Gasteiger partial charge in [0, 0.05) is 31.1 Å². The Balaban J connectivity index is 2.10. The maximum atomic E-state index is 13.4. The van der Waals surface area contributed by atoms with Gasteiger partial charge in [0.05, 0.1) is 5.83 Å². The number of hydrogen-bond acceptors (Lipinski definition) is 4. The topological polar surface area (TPSA) is 78.8 Å². The molecule has 118 valence electrons. The predicted molar refractivity (Wildman–Crippen MR) is 78.3 cm³/mol. The molecule has 1 unspecified atom stereocenters. The average molecular weight is 307 g/mol. The Bertz CT molecular complexity index is 581. The number of hydrogen-bond donors (Lipinski definition) is 1. The Morgan fingerprint density at radius 2 is 2.27 bits per heavy atom. The zero-order valence-electron chi connectivity index (χ0n) is 12.3. The van der Waals surface area contributed by atoms with E-state index in [9.17, 15) is 18.8 Å². The van der Waals surface area contributed by atoms with Crippen molar-refractivity contribution in [1.82, 2.24) is 10.3 Å². The molecule has 0 aromatic rings. The molecule has 0 spiro atoms. The summed E-state index contributed by atoms with van der Waals surface area (Å²) in [7, 11) is 0. The van der Waals surface area contributed by atoms with Crippen LogP contribution in [0.3, 0.4) is 0 Å². The lowest BCUT2D eigenvalue weighted by atomic mass is 10.0. The fourth-order valence-corrected chi connectivity index (χ4v) is 2.35. The summed E-state index contributed by atoms with van der Waals surface area (Å²) >= 11 is 0. The second kappa shape index (κ2) is 7.11. The van der Waals surface area contributed by atoms with Gasteiger partial charge in [-0.3, -0.25) is 19.7 Å². The van der Waals surface area contributed by atoms with E-state index in [4.69, 9.17) is 0 Å². The first-order valence-corrected chi connectivity index (χ1v) is 7.26. The highest BCUT2D eigenvalue weighted by atomic mass is 19.1. The van der Waals surface area contributed by atoms with Crippen LogP contribution in [0.4, 0.5) is 4.39 Å². The van der Waals surface area contributed by atoms with Crippen molar-refractivity contribution in [2.75, 3.05) is 0 Å². The van der Waals surface area contributed by atoms with Gasteiger partial charge < -0.3 is 0 Å². The van der Waals surface area contributed by atoms with Gasteiger partial charge in [-0.05, 0) is 12.8 Å². The SMILES string of the molecule is CC/C=C(/F)C/C=C1\CC=NN(C2CCC(=O)NC2=O)C1=O. The number of piperidine rings is 1. The highest BCUT2D eigenvalue weighted by molar-refractivity contribution is 6.05. The number of imide groups is 1. The quantitative estimate of drug-likeness (QED) is 0.633. The first-order chi connectivity index (χ1) is 10.5. The molecule has 2 aliphatic rings. The number of nitrogens with one attached hydrogen (secondary N) is 1. The third-order valence-electron chi connectivity index (χ3n) is 3.47. The van der Waals surface area contributed by atoms with Crippen LogP contribution in [0.15, 0.2) is 28.7 Å². The van der Waals surface area contributed by atoms with Gasteiger partial charge in [-0.25, -0.2) is 9.40 Å². The summed E-state index contributed by atoms with van der Waals surface area (Å²) in [6, 6.07) is -0.791. The molecule has 22 heavy (non-hydrogen) atoms. The molecular formula is C15H18FN3O3. The fourth-order valence-electron chi connectivity index (χ4n) is 2.35. The number of carbonyl (C=O) groups excluding carboxylic acids is 3. The van der Waals surface area contributed by atoms with Gasteiger partial charge in [-0.1, -0.05) is 19.1 Å². The minimum absolute atomic E-state index is 0.0476. The van der Waals surface area contributed by atoms with Gasteiger partial charge in [-0.2, -0.15) is 5.10 Å². The molecule has 0 aromatic carbocycles. The van der Waals surface area contributed by atoms with Crippen LogP contribution >= 0.6 is 0 Å². The van der Waals surface area contributed by atoms with E-state index in [0.717, 1.165) is 5.01 Å². The smallest absolute Gasteiger partial charge is 0.270 e. The minimum atomic E-state index is -0.791. The first-order valence-electron chi connectivity index (χ1n) is 7.26. The molecule has 0 aromatic heterocycles. The van der Waals surface area contributed by atoms with E-state index in [1.165, 1.54) is 18.4 Å². The molecule has 7 heteroatoms. The number of allylic oxidation sites excluding steroid dienone is 3. The molecule has 0 aliphatic carbocycles. The van der Waals surface area contributed by atoms with E-state index in [1.54, 1.807) is 0 Å². The summed E-state index contributed by atoms with van der Waals surface area (Å²) in [6.07, 6.45) is 5.84. The van der Waals surface area contributed by atoms with Gasteiger partial charge >= 0.3 is 0 Å². The Morgan fingerprint density at radius 3 is 2.95 bits per heavy atom. The zero-order valence-corrected chi connectivity index (χ0v) is 12.3. The molecule has 0 saturated carbocycles. The molecule has 2 rings (SSSR count). The van der Waals surface area contributed by atoms with E-state index < -0.39 is 17.9 Å². The standard InChI is InChI=1S/C15H18FN3O3/c1-2-3-11(16)5-4-10-8-9-17-19(15(10)22)12-6-7-13(20)18-14(12)21/h3-4,9,12H,2,5-8H2,1H3,(H,18,20,21)/b10-4+,11-3+. The lowest BCUT2D eigenvalue weighted by molar-refractivity contribution is -0.144. The first kappa shape index (κ1) is 16.1. The number of amides is 3. The largest absolute Gasteiger partial charge is 0.295 e. The van der Waals surface area contributed by atoms with Crippen LogP contribution in [0.2, 0.25) is 0 Å². The normalized spacial score (nSPS) is 24.9. The van der Waals surface area contributed by atoms with Gasteiger partial charge in [0.2, 0.25) is 5.91 Å². The van der Waals surface area contributed by atoms with Crippen LogP contribution in [0, 0.1) is 0 Å². The molecule has 6 nitrogen and oxygen atoms in total. The highest BCUT2D eigenvalue weighted by Gasteiger charge is 2.36. The average Bonchev–Trinajstić information content (AvgIpc) is 2.47. The maximum absolute atomic E-state index is 13.4. The lowest BCUT2D eigenvalue weighted by Gasteiger charge is -2.31. The second-order valence-electron chi connectivity index (χ2n) is 5.11. The van der Waals surface area contributed by atoms with Crippen LogP contribution in [-0.4, -0.2) is 35.0 Å². The molecular weight excluding hydrogens is 289 g/mol. The van der Waals surface area contributed by atoms with E-state index in [2.05, 4.69) is 10.4 Å². The van der Waals surface area contributed by atoms with Crippen molar-refractivity contribution >= 4 is 23.9 Å². The summed E-state index contributed by atoms with van der Waals surface area (Å²) in [6.45, 7) is 1.83. The molecule has 1 fully saturated rings. The Hall–Kier alpha value is -2.31. The summed E-state index contributed by atoms with van der Waals surface area (Å²) < 4.78 is 13.4. The molecule has 2 heterocycles. The van der Waals surface area contributed by atoms with Crippen molar-refractivity contribution in [3.8, 4) is 0 Å². The number of carbonyl (C=O) groups is 3. The molecule has 1 N–H and O–H groups in total. The van der Waals surface area contributed by atoms with Crippen molar-refractivity contribution in [1.29, 1.82) is 0 Å². The van der Waals surface area contributed by atoms with Gasteiger partial charge in [-0.15, -0.1) is 0 Å². The van der Waals surface area contributed by atoms with Crippen molar-refractivity contribution < 1.29 is 18.8 Å². The Labute approximate surface area is 127 Å². The monoisotopic (exact) mass is 307 g/mol. The van der Waals surface area contributed by atoms with E-state index in [0.29, 0.717) is 18.4 Å². The maximum Gasteiger partial charge on any atom is 0.270 e. The number of hydrazone groups is 1. The number of nitrogens with zero attached hydrogens (tertiary/aromatic N) is 2. The van der Waals surface area contributed by atoms with Crippen molar-refractivity contribution in [3.63, 3.8) is 0 Å². The van der Waals surface area contributed by atoms with E-state index >= 15 is 0 Å². The molecule has 0 bridgehead atoms. The summed E-state index contributed by atoms with van der Waals surface area (Å²) in [4.78, 5) is 35.3. The van der Waals surface area contributed by atoms with Gasteiger partial charge in [0.15, 0.2) is 0 Å². The number of rotatable bonds is 4. The van der Waals surface area contributed by atoms with Crippen LogP contribution in [0.1, 0.15) is 39.0 Å². The van der Waals surface area contributed by atoms with Crippen molar-refractivity contribution in [3.05, 3.63) is 23.6 Å². The van der Waals surface area contributed by atoms with Gasteiger partial charge in [0.25, 0.3) is 11.8 Å². The third kappa shape index (κ3) is 3.66. The number of halogens is 1. The van der Waals surface area contributed by atoms with Crippen molar-refractivity contribution in [2.45, 2.75) is 45.1 Å².